The molecule has 2 rings (SSSR count). The molecule has 0 unspecified atom stereocenters. The minimum atomic E-state index is 0.196. The molecule has 0 fully saturated rings. The fourth-order valence-electron chi connectivity index (χ4n) is 2.00. The summed E-state index contributed by atoms with van der Waals surface area (Å²) in [7, 11) is 0. The second kappa shape index (κ2) is 5.60. The van der Waals surface area contributed by atoms with E-state index in [1.807, 2.05) is 24.4 Å². The van der Waals surface area contributed by atoms with E-state index in [9.17, 15) is 0 Å². The van der Waals surface area contributed by atoms with Crippen LogP contribution >= 0.6 is 0 Å². The first-order valence-electron chi connectivity index (χ1n) is 6.05. The fraction of sp³-hybridized carbons (Fsp3) is 0.267. The molecule has 2 aromatic rings. The van der Waals surface area contributed by atoms with E-state index in [1.54, 1.807) is 0 Å². The molecule has 0 spiro atoms. The highest BCUT2D eigenvalue weighted by Gasteiger charge is 2.12. The summed E-state index contributed by atoms with van der Waals surface area (Å²) in [6, 6.07) is 14.6. The molecule has 0 aliphatic heterocycles. The monoisotopic (exact) mass is 226 g/mol. The van der Waals surface area contributed by atoms with E-state index in [0.717, 1.165) is 12.1 Å². The zero-order valence-corrected chi connectivity index (χ0v) is 10.1. The summed E-state index contributed by atoms with van der Waals surface area (Å²) in [6.07, 6.45) is 2.88. The van der Waals surface area contributed by atoms with Crippen LogP contribution in [0.4, 0.5) is 0 Å². The number of rotatable bonds is 4. The molecular formula is C15H18N2. The van der Waals surface area contributed by atoms with Gasteiger partial charge in [-0.3, -0.25) is 4.98 Å². The Labute approximate surface area is 103 Å². The van der Waals surface area contributed by atoms with Crippen LogP contribution in [0.15, 0.2) is 48.7 Å². The van der Waals surface area contributed by atoms with Crippen molar-refractivity contribution in [3.63, 3.8) is 0 Å². The molecule has 2 nitrogen and oxygen atoms in total. The molecule has 88 valence electrons. The largest absolute Gasteiger partial charge is 0.329 e. The molecular weight excluding hydrogens is 208 g/mol. The molecule has 0 saturated carbocycles. The van der Waals surface area contributed by atoms with Gasteiger partial charge in [0.1, 0.15) is 0 Å². The molecule has 17 heavy (non-hydrogen) atoms. The van der Waals surface area contributed by atoms with Crippen LogP contribution in [0.25, 0.3) is 0 Å². The lowest BCUT2D eigenvalue weighted by atomic mass is 9.94. The SMILES string of the molecule is CCc1ccc([C@@H](CN)c2ccccn2)cc1. The van der Waals surface area contributed by atoms with E-state index in [1.165, 1.54) is 11.1 Å². The Bertz CT molecular complexity index is 448. The highest BCUT2D eigenvalue weighted by molar-refractivity contribution is 5.31. The molecule has 0 aliphatic carbocycles. The third-order valence-electron chi connectivity index (χ3n) is 3.07. The number of hydrogen-bond acceptors (Lipinski definition) is 2. The van der Waals surface area contributed by atoms with Gasteiger partial charge in [-0.2, -0.15) is 0 Å². The lowest BCUT2D eigenvalue weighted by molar-refractivity contribution is 0.786. The first-order valence-corrected chi connectivity index (χ1v) is 6.05. The molecule has 1 aromatic carbocycles. The zero-order chi connectivity index (χ0) is 12.1. The van der Waals surface area contributed by atoms with Gasteiger partial charge in [0, 0.05) is 24.4 Å². The van der Waals surface area contributed by atoms with Crippen molar-refractivity contribution in [1.29, 1.82) is 0 Å². The molecule has 2 heteroatoms. The molecule has 1 heterocycles. The summed E-state index contributed by atoms with van der Waals surface area (Å²) < 4.78 is 0. The standard InChI is InChI=1S/C15H18N2/c1-2-12-6-8-13(9-7-12)14(11-16)15-5-3-4-10-17-15/h3-10,14H,2,11,16H2,1H3/t14-/m1/s1. The van der Waals surface area contributed by atoms with Crippen LogP contribution in [0.3, 0.4) is 0 Å². The summed E-state index contributed by atoms with van der Waals surface area (Å²) in [5, 5.41) is 0. The Morgan fingerprint density at radius 3 is 2.41 bits per heavy atom. The van der Waals surface area contributed by atoms with Crippen LogP contribution in [0.2, 0.25) is 0 Å². The third-order valence-corrected chi connectivity index (χ3v) is 3.07. The summed E-state index contributed by atoms with van der Waals surface area (Å²) >= 11 is 0. The van der Waals surface area contributed by atoms with Crippen molar-refractivity contribution in [2.24, 2.45) is 5.73 Å². The molecule has 0 saturated heterocycles. The lowest BCUT2D eigenvalue weighted by Crippen LogP contribution is -2.15. The molecule has 0 aliphatic rings. The number of hydrogen-bond donors (Lipinski definition) is 1. The smallest absolute Gasteiger partial charge is 0.0491 e. The predicted molar refractivity (Wildman–Crippen MR) is 71.0 cm³/mol. The van der Waals surface area contributed by atoms with Gasteiger partial charge in [0.2, 0.25) is 0 Å². The number of benzene rings is 1. The third kappa shape index (κ3) is 2.71. The molecule has 0 bridgehead atoms. The van der Waals surface area contributed by atoms with E-state index in [2.05, 4.69) is 36.2 Å². The maximum absolute atomic E-state index is 5.87. The number of pyridine rings is 1. The Hall–Kier alpha value is -1.67. The average Bonchev–Trinajstić information content (AvgIpc) is 2.42. The van der Waals surface area contributed by atoms with E-state index in [4.69, 9.17) is 5.73 Å². The van der Waals surface area contributed by atoms with Gasteiger partial charge >= 0.3 is 0 Å². The number of aromatic nitrogens is 1. The topological polar surface area (TPSA) is 38.9 Å². The summed E-state index contributed by atoms with van der Waals surface area (Å²) in [5.41, 5.74) is 9.50. The van der Waals surface area contributed by atoms with Gasteiger partial charge in [0.25, 0.3) is 0 Å². The Kier molecular flexibility index (Phi) is 3.89. The zero-order valence-electron chi connectivity index (χ0n) is 10.1. The first kappa shape index (κ1) is 11.8. The second-order valence-corrected chi connectivity index (χ2v) is 4.14. The quantitative estimate of drug-likeness (QED) is 0.870. The maximum Gasteiger partial charge on any atom is 0.0491 e. The Morgan fingerprint density at radius 1 is 1.12 bits per heavy atom. The molecule has 1 aromatic heterocycles. The lowest BCUT2D eigenvalue weighted by Gasteiger charge is -2.14. The van der Waals surface area contributed by atoms with Crippen molar-refractivity contribution < 1.29 is 0 Å². The second-order valence-electron chi connectivity index (χ2n) is 4.14. The van der Waals surface area contributed by atoms with Gasteiger partial charge in [-0.15, -0.1) is 0 Å². The molecule has 1 atom stereocenters. The van der Waals surface area contributed by atoms with Gasteiger partial charge in [0.05, 0.1) is 0 Å². The van der Waals surface area contributed by atoms with Crippen LogP contribution in [0.1, 0.15) is 29.7 Å². The van der Waals surface area contributed by atoms with Crippen LogP contribution in [-0.4, -0.2) is 11.5 Å². The van der Waals surface area contributed by atoms with Gasteiger partial charge in [-0.25, -0.2) is 0 Å². The summed E-state index contributed by atoms with van der Waals surface area (Å²) in [6.45, 7) is 2.75. The highest BCUT2D eigenvalue weighted by atomic mass is 14.7. The van der Waals surface area contributed by atoms with Crippen LogP contribution in [0, 0.1) is 0 Å². The van der Waals surface area contributed by atoms with Crippen molar-refractivity contribution in [3.05, 3.63) is 65.5 Å². The van der Waals surface area contributed by atoms with Crippen molar-refractivity contribution in [2.45, 2.75) is 19.3 Å². The number of aryl methyl sites for hydroxylation is 1. The molecule has 0 amide bonds. The normalized spacial score (nSPS) is 12.4. The predicted octanol–water partition coefficient (Wildman–Crippen LogP) is 2.73. The van der Waals surface area contributed by atoms with Crippen molar-refractivity contribution in [2.75, 3.05) is 6.54 Å². The average molecular weight is 226 g/mol. The van der Waals surface area contributed by atoms with E-state index in [-0.39, 0.29) is 5.92 Å². The molecule has 2 N–H and O–H groups in total. The highest BCUT2D eigenvalue weighted by Crippen LogP contribution is 2.22. The fourth-order valence-corrected chi connectivity index (χ4v) is 2.00. The molecule has 0 radical (unpaired) electrons. The minimum Gasteiger partial charge on any atom is -0.329 e. The van der Waals surface area contributed by atoms with Gasteiger partial charge in [-0.1, -0.05) is 37.3 Å². The maximum atomic E-state index is 5.87. The van der Waals surface area contributed by atoms with Gasteiger partial charge in [0.15, 0.2) is 0 Å². The first-order chi connectivity index (χ1) is 8.35. The van der Waals surface area contributed by atoms with Crippen LogP contribution in [0.5, 0.6) is 0 Å². The van der Waals surface area contributed by atoms with E-state index in [0.29, 0.717) is 6.54 Å². The van der Waals surface area contributed by atoms with Crippen molar-refractivity contribution in [3.8, 4) is 0 Å². The van der Waals surface area contributed by atoms with Gasteiger partial charge in [-0.05, 0) is 29.7 Å². The Balaban J connectivity index is 2.29. The van der Waals surface area contributed by atoms with Crippen molar-refractivity contribution >= 4 is 0 Å². The summed E-state index contributed by atoms with van der Waals surface area (Å²) in [5.74, 6) is 0.196. The van der Waals surface area contributed by atoms with Crippen LogP contribution in [-0.2, 0) is 6.42 Å². The van der Waals surface area contributed by atoms with Crippen LogP contribution < -0.4 is 5.73 Å². The van der Waals surface area contributed by atoms with E-state index >= 15 is 0 Å². The number of nitrogens with two attached hydrogens (primary N) is 1. The van der Waals surface area contributed by atoms with Crippen molar-refractivity contribution in [1.82, 2.24) is 4.98 Å². The summed E-state index contributed by atoms with van der Waals surface area (Å²) in [4.78, 5) is 4.39. The van der Waals surface area contributed by atoms with Gasteiger partial charge < -0.3 is 5.73 Å². The van der Waals surface area contributed by atoms with E-state index < -0.39 is 0 Å². The number of nitrogens with zero attached hydrogens (tertiary/aromatic N) is 1. The Morgan fingerprint density at radius 2 is 1.88 bits per heavy atom. The minimum absolute atomic E-state index is 0.196.